The minimum Gasteiger partial charge on any atom is -0.366 e. The molecule has 0 aliphatic rings. The lowest BCUT2D eigenvalue weighted by Crippen LogP contribution is -2.30. The molecule has 4 amide bonds. The highest BCUT2D eigenvalue weighted by molar-refractivity contribution is 8.00. The Kier molecular flexibility index (Phi) is 9.28. The molecule has 5 N–H and O–H groups in total. The van der Waals surface area contributed by atoms with Crippen LogP contribution >= 0.6 is 23.1 Å². The average molecular weight is 557 g/mol. The van der Waals surface area contributed by atoms with Crippen molar-refractivity contribution in [3.05, 3.63) is 118 Å². The van der Waals surface area contributed by atoms with Gasteiger partial charge in [0.25, 0.3) is 11.8 Å². The van der Waals surface area contributed by atoms with Crippen LogP contribution in [-0.2, 0) is 9.59 Å². The summed E-state index contributed by atoms with van der Waals surface area (Å²) in [4.78, 5) is 51.0. The number of amides is 4. The first-order valence-corrected chi connectivity index (χ1v) is 13.6. The Bertz CT molecular complexity index is 1500. The molecular weight excluding hydrogens is 532 g/mol. The van der Waals surface area contributed by atoms with Crippen molar-refractivity contribution >= 4 is 64.2 Å². The van der Waals surface area contributed by atoms with Crippen molar-refractivity contribution in [2.24, 2.45) is 5.73 Å². The molecule has 0 aliphatic carbocycles. The molecule has 0 spiro atoms. The third-order valence-corrected chi connectivity index (χ3v) is 7.09. The van der Waals surface area contributed by atoms with E-state index in [1.807, 2.05) is 29.6 Å². The SMILES string of the molecule is NC(=O)c1ccc(NC(=O)CSc2cccc(NC(=O)/C(=C/c3cccs3)NC(=O)c3ccccc3)c2)cc1. The van der Waals surface area contributed by atoms with Gasteiger partial charge in [-0.05, 0) is 72.1 Å². The first-order valence-electron chi connectivity index (χ1n) is 11.7. The predicted molar refractivity (Wildman–Crippen MR) is 156 cm³/mol. The number of rotatable bonds is 10. The number of hydrogen-bond donors (Lipinski definition) is 4. The van der Waals surface area contributed by atoms with Crippen LogP contribution in [0.15, 0.2) is 107 Å². The van der Waals surface area contributed by atoms with E-state index in [1.54, 1.807) is 72.8 Å². The maximum absolute atomic E-state index is 13.2. The summed E-state index contributed by atoms with van der Waals surface area (Å²) in [6.07, 6.45) is 1.62. The Labute approximate surface area is 233 Å². The standard InChI is InChI=1S/C29H24N4O4S2/c30-27(35)19-11-13-21(14-12-19)31-26(34)18-39-23-9-4-8-22(16-23)32-29(37)25(17-24-10-5-15-38-24)33-28(36)20-6-2-1-3-7-20/h1-17H,18H2,(H2,30,35)(H,31,34)(H,32,37)(H,33,36)/b25-17-. The van der Waals surface area contributed by atoms with Crippen LogP contribution in [0.5, 0.6) is 0 Å². The molecule has 0 unspecified atom stereocenters. The van der Waals surface area contributed by atoms with Crippen LogP contribution in [0.1, 0.15) is 25.6 Å². The van der Waals surface area contributed by atoms with Crippen LogP contribution in [0.3, 0.4) is 0 Å². The Morgan fingerprint density at radius 3 is 2.26 bits per heavy atom. The fourth-order valence-electron chi connectivity index (χ4n) is 3.38. The van der Waals surface area contributed by atoms with Gasteiger partial charge in [0.05, 0.1) is 5.75 Å². The lowest BCUT2D eigenvalue weighted by Gasteiger charge is -2.12. The van der Waals surface area contributed by atoms with Crippen LogP contribution < -0.4 is 21.7 Å². The van der Waals surface area contributed by atoms with Crippen LogP contribution in [-0.4, -0.2) is 29.4 Å². The van der Waals surface area contributed by atoms with Crippen LogP contribution in [0, 0.1) is 0 Å². The number of carbonyl (C=O) groups excluding carboxylic acids is 4. The van der Waals surface area contributed by atoms with Gasteiger partial charge in [-0.2, -0.15) is 0 Å². The highest BCUT2D eigenvalue weighted by Crippen LogP contribution is 2.23. The second kappa shape index (κ2) is 13.2. The van der Waals surface area contributed by atoms with Crippen molar-refractivity contribution in [2.75, 3.05) is 16.4 Å². The van der Waals surface area contributed by atoms with E-state index in [9.17, 15) is 19.2 Å². The highest BCUT2D eigenvalue weighted by atomic mass is 32.2. The summed E-state index contributed by atoms with van der Waals surface area (Å²) in [6.45, 7) is 0. The van der Waals surface area contributed by atoms with E-state index in [2.05, 4.69) is 16.0 Å². The number of primary amides is 1. The van der Waals surface area contributed by atoms with E-state index in [1.165, 1.54) is 23.1 Å². The van der Waals surface area contributed by atoms with Crippen LogP contribution in [0.25, 0.3) is 6.08 Å². The molecular formula is C29H24N4O4S2. The van der Waals surface area contributed by atoms with Gasteiger partial charge in [-0.1, -0.05) is 30.3 Å². The maximum Gasteiger partial charge on any atom is 0.272 e. The second-order valence-electron chi connectivity index (χ2n) is 8.15. The van der Waals surface area contributed by atoms with Crippen molar-refractivity contribution < 1.29 is 19.2 Å². The van der Waals surface area contributed by atoms with Gasteiger partial charge in [-0.3, -0.25) is 19.2 Å². The number of nitrogens with one attached hydrogen (secondary N) is 3. The molecule has 10 heteroatoms. The molecule has 0 saturated heterocycles. The van der Waals surface area contributed by atoms with Gasteiger partial charge in [0, 0.05) is 32.3 Å². The quantitative estimate of drug-likeness (QED) is 0.162. The van der Waals surface area contributed by atoms with Gasteiger partial charge in [0.1, 0.15) is 5.70 Å². The Morgan fingerprint density at radius 2 is 1.56 bits per heavy atom. The molecule has 0 fully saturated rings. The zero-order chi connectivity index (χ0) is 27.6. The van der Waals surface area contributed by atoms with Gasteiger partial charge in [0.15, 0.2) is 0 Å². The molecule has 0 saturated carbocycles. The van der Waals surface area contributed by atoms with E-state index in [0.717, 1.165) is 9.77 Å². The zero-order valence-corrected chi connectivity index (χ0v) is 22.2. The van der Waals surface area contributed by atoms with E-state index in [-0.39, 0.29) is 17.4 Å². The number of thioether (sulfide) groups is 1. The van der Waals surface area contributed by atoms with Gasteiger partial charge in [-0.15, -0.1) is 23.1 Å². The van der Waals surface area contributed by atoms with Crippen LogP contribution in [0.2, 0.25) is 0 Å². The normalized spacial score (nSPS) is 10.9. The second-order valence-corrected chi connectivity index (χ2v) is 10.2. The molecule has 8 nitrogen and oxygen atoms in total. The molecule has 4 aromatic rings. The van der Waals surface area contributed by atoms with Crippen molar-refractivity contribution in [3.63, 3.8) is 0 Å². The van der Waals surface area contributed by atoms with Gasteiger partial charge in [-0.25, -0.2) is 0 Å². The van der Waals surface area contributed by atoms with Gasteiger partial charge >= 0.3 is 0 Å². The molecule has 1 heterocycles. The minimum absolute atomic E-state index is 0.103. The molecule has 39 heavy (non-hydrogen) atoms. The third-order valence-electron chi connectivity index (χ3n) is 5.27. The number of nitrogens with two attached hydrogens (primary N) is 1. The third kappa shape index (κ3) is 8.16. The summed E-state index contributed by atoms with van der Waals surface area (Å²) in [5, 5.41) is 10.2. The highest BCUT2D eigenvalue weighted by Gasteiger charge is 2.16. The Hall–Kier alpha value is -4.67. The molecule has 1 aromatic heterocycles. The topological polar surface area (TPSA) is 130 Å². The van der Waals surface area contributed by atoms with Crippen LogP contribution in [0.4, 0.5) is 11.4 Å². The molecule has 0 atom stereocenters. The van der Waals surface area contributed by atoms with Crippen molar-refractivity contribution in [3.8, 4) is 0 Å². The number of anilines is 2. The fraction of sp³-hybridized carbons (Fsp3) is 0.0345. The summed E-state index contributed by atoms with van der Waals surface area (Å²) >= 11 is 2.74. The molecule has 196 valence electrons. The van der Waals surface area contributed by atoms with Gasteiger partial charge in [0.2, 0.25) is 11.8 Å². The summed E-state index contributed by atoms with van der Waals surface area (Å²) in [6, 6.07) is 25.7. The number of thiophene rings is 1. The Morgan fingerprint density at radius 1 is 0.795 bits per heavy atom. The first-order chi connectivity index (χ1) is 18.9. The molecule has 3 aromatic carbocycles. The molecule has 0 radical (unpaired) electrons. The van der Waals surface area contributed by atoms with Crippen molar-refractivity contribution in [2.45, 2.75) is 4.90 Å². The van der Waals surface area contributed by atoms with E-state index in [0.29, 0.717) is 22.5 Å². The molecule has 0 aliphatic heterocycles. The van der Waals surface area contributed by atoms with E-state index in [4.69, 9.17) is 5.73 Å². The van der Waals surface area contributed by atoms with E-state index >= 15 is 0 Å². The summed E-state index contributed by atoms with van der Waals surface area (Å²) in [5.41, 5.74) is 7.19. The summed E-state index contributed by atoms with van der Waals surface area (Å²) < 4.78 is 0. The lowest BCUT2D eigenvalue weighted by molar-refractivity contribution is -0.114. The average Bonchev–Trinajstić information content (AvgIpc) is 3.46. The number of benzene rings is 3. The predicted octanol–water partition coefficient (Wildman–Crippen LogP) is 4.99. The fourth-order valence-corrected chi connectivity index (χ4v) is 4.80. The largest absolute Gasteiger partial charge is 0.366 e. The zero-order valence-electron chi connectivity index (χ0n) is 20.5. The molecule has 4 rings (SSSR count). The van der Waals surface area contributed by atoms with Crippen molar-refractivity contribution in [1.29, 1.82) is 0 Å². The first kappa shape index (κ1) is 27.4. The Balaban J connectivity index is 1.39. The number of hydrogen-bond acceptors (Lipinski definition) is 6. The molecule has 0 bridgehead atoms. The maximum atomic E-state index is 13.2. The smallest absolute Gasteiger partial charge is 0.272 e. The van der Waals surface area contributed by atoms with Crippen molar-refractivity contribution in [1.82, 2.24) is 5.32 Å². The summed E-state index contributed by atoms with van der Waals surface area (Å²) in [5.74, 6) is -1.51. The van der Waals surface area contributed by atoms with E-state index < -0.39 is 17.7 Å². The van der Waals surface area contributed by atoms with Gasteiger partial charge < -0.3 is 21.7 Å². The lowest BCUT2D eigenvalue weighted by atomic mass is 10.2. The monoisotopic (exact) mass is 556 g/mol. The minimum atomic E-state index is -0.539. The number of carbonyl (C=O) groups is 4. The summed E-state index contributed by atoms with van der Waals surface area (Å²) in [7, 11) is 0.